The van der Waals surface area contributed by atoms with Crippen molar-refractivity contribution in [3.8, 4) is 5.75 Å². The van der Waals surface area contributed by atoms with E-state index in [2.05, 4.69) is 9.88 Å². The first-order valence-electron chi connectivity index (χ1n) is 13.0. The lowest BCUT2D eigenvalue weighted by molar-refractivity contribution is -0.139. The zero-order valence-corrected chi connectivity index (χ0v) is 22.3. The smallest absolute Gasteiger partial charge is 0.417 e. The van der Waals surface area contributed by atoms with Crippen LogP contribution in [0.25, 0.3) is 10.9 Å². The number of halogens is 4. The number of benzene rings is 2. The molecule has 38 heavy (non-hydrogen) atoms. The number of ether oxygens (including phenoxy) is 1. The second-order valence-electron chi connectivity index (χ2n) is 9.82. The van der Waals surface area contributed by atoms with Crippen LogP contribution in [0.5, 0.6) is 5.75 Å². The first-order chi connectivity index (χ1) is 18.3. The van der Waals surface area contributed by atoms with Crippen molar-refractivity contribution in [2.75, 3.05) is 39.1 Å². The van der Waals surface area contributed by atoms with E-state index in [9.17, 15) is 18.3 Å². The van der Waals surface area contributed by atoms with Gasteiger partial charge in [0.25, 0.3) is 0 Å². The maximum Gasteiger partial charge on any atom is 0.417 e. The van der Waals surface area contributed by atoms with Crippen LogP contribution in [0.1, 0.15) is 43.0 Å². The number of hydrogen-bond acceptors (Lipinski definition) is 5. The molecule has 4 nitrogen and oxygen atoms in total. The van der Waals surface area contributed by atoms with Crippen LogP contribution in [-0.4, -0.2) is 54.1 Å². The molecule has 0 amide bonds. The number of nitrogens with zero attached hydrogens (tertiary/aromatic N) is 2. The number of rotatable bonds is 11. The lowest BCUT2D eigenvalue weighted by Gasteiger charge is -2.38. The number of alkyl halides is 4. The standard InChI is InChI=1S/C29H34F4N2O2S/c1-37-22-8-10-27-24(17-22)23(11-13-34-27)26(30)9-7-20-12-15-35(18-21(20)19-36)14-4-16-38-28-6-3-2-5-25(28)29(31,32)33/h2-3,5-6,8,10-11,13,17,20-21,26,36H,4,7,9,12,14-16,18-19H2,1H3/t20-,21-,26+/m1/s1. The second-order valence-corrected chi connectivity index (χ2v) is 11.0. The molecule has 1 aromatic heterocycles. The van der Waals surface area contributed by atoms with E-state index in [4.69, 9.17) is 4.74 Å². The third-order valence-corrected chi connectivity index (χ3v) is 8.55. The summed E-state index contributed by atoms with van der Waals surface area (Å²) in [5, 5.41) is 10.8. The molecule has 9 heteroatoms. The molecule has 0 aliphatic carbocycles. The van der Waals surface area contributed by atoms with Gasteiger partial charge in [-0.05, 0) is 98.3 Å². The van der Waals surface area contributed by atoms with Crippen LogP contribution in [0.3, 0.4) is 0 Å². The molecule has 1 fully saturated rings. The molecule has 1 aliphatic rings. The Morgan fingerprint density at radius 3 is 2.74 bits per heavy atom. The normalized spacial score (nSPS) is 19.5. The molecule has 3 atom stereocenters. The Kier molecular flexibility index (Phi) is 9.90. The van der Waals surface area contributed by atoms with E-state index in [0.29, 0.717) is 29.9 Å². The highest BCUT2D eigenvalue weighted by Gasteiger charge is 2.33. The topological polar surface area (TPSA) is 45.6 Å². The molecule has 1 aliphatic heterocycles. The number of aliphatic hydroxyl groups is 1. The molecule has 0 unspecified atom stereocenters. The maximum absolute atomic E-state index is 15.4. The monoisotopic (exact) mass is 550 g/mol. The quantitative estimate of drug-likeness (QED) is 0.156. The maximum atomic E-state index is 15.4. The molecule has 2 heterocycles. The number of aliphatic hydroxyl groups excluding tert-OH is 1. The van der Waals surface area contributed by atoms with Gasteiger partial charge >= 0.3 is 6.18 Å². The third kappa shape index (κ3) is 7.18. The van der Waals surface area contributed by atoms with Gasteiger partial charge in [-0.25, -0.2) is 4.39 Å². The molecule has 0 bridgehead atoms. The van der Waals surface area contributed by atoms with E-state index >= 15 is 4.39 Å². The third-order valence-electron chi connectivity index (χ3n) is 7.39. The Balaban J connectivity index is 1.26. The lowest BCUT2D eigenvalue weighted by Crippen LogP contribution is -2.42. The highest BCUT2D eigenvalue weighted by atomic mass is 32.2. The second kappa shape index (κ2) is 13.1. The average Bonchev–Trinajstić information content (AvgIpc) is 2.93. The number of piperidine rings is 1. The number of pyridine rings is 1. The first-order valence-corrected chi connectivity index (χ1v) is 14.0. The summed E-state index contributed by atoms with van der Waals surface area (Å²) in [5.41, 5.74) is 0.750. The van der Waals surface area contributed by atoms with Crippen molar-refractivity contribution in [1.82, 2.24) is 9.88 Å². The minimum atomic E-state index is -4.35. The summed E-state index contributed by atoms with van der Waals surface area (Å²) in [6.45, 7) is 2.37. The van der Waals surface area contributed by atoms with E-state index in [0.717, 1.165) is 49.4 Å². The number of hydrogen-bond donors (Lipinski definition) is 1. The molecule has 206 valence electrons. The molecule has 0 radical (unpaired) electrons. The van der Waals surface area contributed by atoms with Crippen LogP contribution < -0.4 is 4.74 Å². The number of aromatic nitrogens is 1. The van der Waals surface area contributed by atoms with Gasteiger partial charge in [-0.15, -0.1) is 11.8 Å². The largest absolute Gasteiger partial charge is 0.497 e. The van der Waals surface area contributed by atoms with Crippen molar-refractivity contribution in [2.45, 2.75) is 42.9 Å². The Hall–Kier alpha value is -2.36. The molecule has 3 aromatic rings. The number of fused-ring (bicyclic) bond motifs is 1. The fraction of sp³-hybridized carbons (Fsp3) is 0.483. The van der Waals surface area contributed by atoms with E-state index < -0.39 is 17.9 Å². The van der Waals surface area contributed by atoms with Gasteiger partial charge < -0.3 is 14.7 Å². The fourth-order valence-corrected chi connectivity index (χ4v) is 6.31. The van der Waals surface area contributed by atoms with E-state index in [-0.39, 0.29) is 23.3 Å². The SMILES string of the molecule is COc1ccc2nccc([C@@H](F)CC[C@@H]3CCN(CCCSc4ccccc4C(F)(F)F)C[C@@H]3CO)c2c1. The zero-order chi connectivity index (χ0) is 27.1. The number of methoxy groups -OCH3 is 1. The van der Waals surface area contributed by atoms with Gasteiger partial charge in [0.05, 0.1) is 18.2 Å². The molecular formula is C29H34F4N2O2S. The molecule has 4 rings (SSSR count). The van der Waals surface area contributed by atoms with Gasteiger partial charge in [0.1, 0.15) is 11.9 Å². The van der Waals surface area contributed by atoms with Gasteiger partial charge in [-0.2, -0.15) is 13.2 Å². The summed E-state index contributed by atoms with van der Waals surface area (Å²) >= 11 is 1.23. The fourth-order valence-electron chi connectivity index (χ4n) is 5.31. The van der Waals surface area contributed by atoms with Crippen molar-refractivity contribution in [3.05, 3.63) is 65.9 Å². The predicted molar refractivity (Wildman–Crippen MR) is 143 cm³/mol. The highest BCUT2D eigenvalue weighted by Crippen LogP contribution is 2.37. The summed E-state index contributed by atoms with van der Waals surface area (Å²) < 4.78 is 60.3. The highest BCUT2D eigenvalue weighted by molar-refractivity contribution is 7.99. The Morgan fingerprint density at radius 1 is 1.16 bits per heavy atom. The van der Waals surface area contributed by atoms with Gasteiger partial charge in [-0.1, -0.05) is 12.1 Å². The van der Waals surface area contributed by atoms with Crippen LogP contribution in [0.15, 0.2) is 59.6 Å². The molecule has 1 saturated heterocycles. The average molecular weight is 551 g/mol. The molecule has 2 aromatic carbocycles. The van der Waals surface area contributed by atoms with Gasteiger partial charge in [0.2, 0.25) is 0 Å². The van der Waals surface area contributed by atoms with E-state index in [1.807, 2.05) is 18.2 Å². The minimum Gasteiger partial charge on any atom is -0.497 e. The molecule has 1 N–H and O–H groups in total. The van der Waals surface area contributed by atoms with Crippen LogP contribution in [0, 0.1) is 11.8 Å². The summed E-state index contributed by atoms with van der Waals surface area (Å²) in [6.07, 6.45) is -1.19. The van der Waals surface area contributed by atoms with Crippen molar-refractivity contribution in [1.29, 1.82) is 0 Å². The van der Waals surface area contributed by atoms with Gasteiger partial charge in [-0.3, -0.25) is 4.98 Å². The lowest BCUT2D eigenvalue weighted by atomic mass is 9.81. The van der Waals surface area contributed by atoms with Crippen molar-refractivity contribution < 1.29 is 27.4 Å². The number of thioether (sulfide) groups is 1. The zero-order valence-electron chi connectivity index (χ0n) is 21.5. The minimum absolute atomic E-state index is 0.0429. The van der Waals surface area contributed by atoms with Crippen molar-refractivity contribution in [3.63, 3.8) is 0 Å². The summed E-state index contributed by atoms with van der Waals surface area (Å²) in [7, 11) is 1.58. The number of likely N-dealkylation sites (tertiary alicyclic amines) is 1. The summed E-state index contributed by atoms with van der Waals surface area (Å²) in [4.78, 5) is 6.86. The van der Waals surface area contributed by atoms with E-state index in [1.165, 1.54) is 23.9 Å². The summed E-state index contributed by atoms with van der Waals surface area (Å²) in [6, 6.07) is 12.9. The predicted octanol–water partition coefficient (Wildman–Crippen LogP) is 7.17. The van der Waals surface area contributed by atoms with Crippen molar-refractivity contribution >= 4 is 22.7 Å². The van der Waals surface area contributed by atoms with E-state index in [1.54, 1.807) is 25.4 Å². The summed E-state index contributed by atoms with van der Waals surface area (Å²) in [5.74, 6) is 1.54. The first kappa shape index (κ1) is 28.6. The Labute approximate surface area is 225 Å². The van der Waals surface area contributed by atoms with Crippen molar-refractivity contribution in [2.24, 2.45) is 11.8 Å². The molecular weight excluding hydrogens is 516 g/mol. The van der Waals surface area contributed by atoms with Gasteiger partial charge in [0.15, 0.2) is 0 Å². The Bertz CT molecular complexity index is 1190. The Morgan fingerprint density at radius 2 is 1.97 bits per heavy atom. The van der Waals surface area contributed by atoms with Crippen LogP contribution >= 0.6 is 11.8 Å². The van der Waals surface area contributed by atoms with Gasteiger partial charge in [0, 0.05) is 29.6 Å². The van der Waals surface area contributed by atoms with Crippen LogP contribution in [-0.2, 0) is 6.18 Å². The molecule has 0 saturated carbocycles. The van der Waals surface area contributed by atoms with Crippen LogP contribution in [0.4, 0.5) is 17.6 Å². The molecule has 0 spiro atoms. The van der Waals surface area contributed by atoms with Crippen LogP contribution in [0.2, 0.25) is 0 Å².